The van der Waals surface area contributed by atoms with Gasteiger partial charge in [0.2, 0.25) is 0 Å². The van der Waals surface area contributed by atoms with Gasteiger partial charge < -0.3 is 24.6 Å². The van der Waals surface area contributed by atoms with Crippen LogP contribution >= 0.6 is 0 Å². The molecule has 1 fully saturated rings. The van der Waals surface area contributed by atoms with Crippen LogP contribution in [0.25, 0.3) is 0 Å². The minimum absolute atomic E-state index is 0.107. The average Bonchev–Trinajstić information content (AvgIpc) is 2.67. The number of ether oxygens (including phenoxy) is 2. The Morgan fingerprint density at radius 1 is 0.962 bits per heavy atom. The van der Waals surface area contributed by atoms with E-state index < -0.39 is 0 Å². The van der Waals surface area contributed by atoms with E-state index in [0.29, 0.717) is 30.3 Å². The lowest BCUT2D eigenvalue weighted by molar-refractivity contribution is 0.208. The molecule has 0 spiro atoms. The summed E-state index contributed by atoms with van der Waals surface area (Å²) in [5, 5.41) is 2.93. The first-order valence-electron chi connectivity index (χ1n) is 8.69. The number of carbonyl (C=O) groups excluding carboxylic acids is 1. The number of rotatable bonds is 4. The van der Waals surface area contributed by atoms with Crippen molar-refractivity contribution in [3.63, 3.8) is 0 Å². The van der Waals surface area contributed by atoms with Crippen molar-refractivity contribution in [2.45, 2.75) is 6.92 Å². The molecule has 6 nitrogen and oxygen atoms in total. The molecule has 0 unspecified atom stereocenters. The summed E-state index contributed by atoms with van der Waals surface area (Å²) < 4.78 is 10.5. The molecule has 0 aromatic heterocycles. The molecule has 6 heteroatoms. The number of piperazine rings is 1. The SMILES string of the molecule is COc1cc(NC(=O)N2CCN(c3cccc(C)c3)CC2)cc(OC)c1. The van der Waals surface area contributed by atoms with Gasteiger partial charge in [0, 0.05) is 55.8 Å². The second-order valence-corrected chi connectivity index (χ2v) is 6.34. The number of hydrogen-bond acceptors (Lipinski definition) is 4. The molecule has 2 aromatic carbocycles. The van der Waals surface area contributed by atoms with Crippen molar-refractivity contribution in [1.82, 2.24) is 4.90 Å². The number of hydrogen-bond donors (Lipinski definition) is 1. The topological polar surface area (TPSA) is 54.0 Å². The van der Waals surface area contributed by atoms with E-state index in [1.54, 1.807) is 32.4 Å². The van der Waals surface area contributed by atoms with E-state index in [0.717, 1.165) is 13.1 Å². The predicted octanol–water partition coefficient (Wildman–Crippen LogP) is 3.37. The maximum absolute atomic E-state index is 12.6. The second kappa shape index (κ2) is 7.99. The van der Waals surface area contributed by atoms with Gasteiger partial charge in [-0.05, 0) is 24.6 Å². The number of aryl methyl sites for hydroxylation is 1. The van der Waals surface area contributed by atoms with E-state index >= 15 is 0 Å². The van der Waals surface area contributed by atoms with Crippen LogP contribution in [0.4, 0.5) is 16.2 Å². The Morgan fingerprint density at radius 3 is 2.19 bits per heavy atom. The molecule has 138 valence electrons. The molecule has 0 aliphatic carbocycles. The lowest BCUT2D eigenvalue weighted by Gasteiger charge is -2.36. The van der Waals surface area contributed by atoms with Crippen LogP contribution in [0, 0.1) is 6.92 Å². The normalized spacial score (nSPS) is 14.1. The van der Waals surface area contributed by atoms with Gasteiger partial charge in [0.15, 0.2) is 0 Å². The van der Waals surface area contributed by atoms with Crippen molar-refractivity contribution in [2.75, 3.05) is 50.6 Å². The van der Waals surface area contributed by atoms with Crippen molar-refractivity contribution in [3.8, 4) is 11.5 Å². The standard InChI is InChI=1S/C20H25N3O3/c1-15-5-4-6-17(11-15)22-7-9-23(10-8-22)20(24)21-16-12-18(25-2)14-19(13-16)26-3/h4-6,11-14H,7-10H2,1-3H3,(H,21,24). The molecule has 0 atom stereocenters. The van der Waals surface area contributed by atoms with E-state index in [4.69, 9.17) is 9.47 Å². The van der Waals surface area contributed by atoms with Crippen LogP contribution in [0.1, 0.15) is 5.56 Å². The molecule has 1 saturated heterocycles. The molecule has 1 aliphatic rings. The fourth-order valence-electron chi connectivity index (χ4n) is 3.07. The Balaban J connectivity index is 1.60. The Bertz CT molecular complexity index is 748. The first-order chi connectivity index (χ1) is 12.6. The van der Waals surface area contributed by atoms with E-state index in [-0.39, 0.29) is 6.03 Å². The van der Waals surface area contributed by atoms with Crippen molar-refractivity contribution in [2.24, 2.45) is 0 Å². The summed E-state index contributed by atoms with van der Waals surface area (Å²) in [6, 6.07) is 13.7. The number of benzene rings is 2. The second-order valence-electron chi connectivity index (χ2n) is 6.34. The summed E-state index contributed by atoms with van der Waals surface area (Å²) in [6.45, 7) is 5.09. The van der Waals surface area contributed by atoms with Gasteiger partial charge in [-0.1, -0.05) is 12.1 Å². The minimum Gasteiger partial charge on any atom is -0.497 e. The van der Waals surface area contributed by atoms with E-state index in [9.17, 15) is 4.79 Å². The first kappa shape index (κ1) is 17.9. The number of nitrogens with one attached hydrogen (secondary N) is 1. The number of amides is 2. The van der Waals surface area contributed by atoms with Gasteiger partial charge in [-0.25, -0.2) is 4.79 Å². The number of carbonyl (C=O) groups is 1. The number of urea groups is 1. The van der Waals surface area contributed by atoms with Gasteiger partial charge in [0.1, 0.15) is 11.5 Å². The molecule has 1 heterocycles. The minimum atomic E-state index is -0.107. The summed E-state index contributed by atoms with van der Waals surface area (Å²) in [7, 11) is 3.18. The van der Waals surface area contributed by atoms with Crippen LogP contribution in [0.2, 0.25) is 0 Å². The van der Waals surface area contributed by atoms with Crippen LogP contribution in [-0.2, 0) is 0 Å². The van der Waals surface area contributed by atoms with Crippen molar-refractivity contribution >= 4 is 17.4 Å². The average molecular weight is 355 g/mol. The van der Waals surface area contributed by atoms with Crippen LogP contribution in [0.15, 0.2) is 42.5 Å². The largest absolute Gasteiger partial charge is 0.497 e. The molecule has 0 saturated carbocycles. The highest BCUT2D eigenvalue weighted by atomic mass is 16.5. The molecule has 0 bridgehead atoms. The molecular weight excluding hydrogens is 330 g/mol. The fraction of sp³-hybridized carbons (Fsp3) is 0.350. The van der Waals surface area contributed by atoms with Crippen LogP contribution in [0.5, 0.6) is 11.5 Å². The number of methoxy groups -OCH3 is 2. The lowest BCUT2D eigenvalue weighted by Crippen LogP contribution is -2.50. The highest BCUT2D eigenvalue weighted by Gasteiger charge is 2.21. The van der Waals surface area contributed by atoms with Crippen LogP contribution in [-0.4, -0.2) is 51.3 Å². The van der Waals surface area contributed by atoms with Crippen molar-refractivity contribution in [3.05, 3.63) is 48.0 Å². The number of anilines is 2. The quantitative estimate of drug-likeness (QED) is 0.914. The van der Waals surface area contributed by atoms with Gasteiger partial charge in [-0.15, -0.1) is 0 Å². The molecule has 26 heavy (non-hydrogen) atoms. The third-order valence-electron chi connectivity index (χ3n) is 4.54. The van der Waals surface area contributed by atoms with Crippen LogP contribution < -0.4 is 19.7 Å². The number of nitrogens with zero attached hydrogens (tertiary/aromatic N) is 2. The Hall–Kier alpha value is -2.89. The molecule has 1 aliphatic heterocycles. The zero-order valence-electron chi connectivity index (χ0n) is 15.5. The highest BCUT2D eigenvalue weighted by molar-refractivity contribution is 5.90. The third kappa shape index (κ3) is 4.20. The molecule has 2 amide bonds. The summed E-state index contributed by atoms with van der Waals surface area (Å²) in [6.07, 6.45) is 0. The van der Waals surface area contributed by atoms with Gasteiger partial charge in [-0.3, -0.25) is 0 Å². The van der Waals surface area contributed by atoms with Gasteiger partial charge >= 0.3 is 6.03 Å². The van der Waals surface area contributed by atoms with Gasteiger partial charge in [0.25, 0.3) is 0 Å². The molecule has 1 N–H and O–H groups in total. The maximum atomic E-state index is 12.6. The third-order valence-corrected chi connectivity index (χ3v) is 4.54. The smallest absolute Gasteiger partial charge is 0.321 e. The van der Waals surface area contributed by atoms with E-state index in [2.05, 4.69) is 41.4 Å². The zero-order chi connectivity index (χ0) is 18.5. The van der Waals surface area contributed by atoms with E-state index in [1.807, 2.05) is 4.90 Å². The predicted molar refractivity (Wildman–Crippen MR) is 104 cm³/mol. The summed E-state index contributed by atoms with van der Waals surface area (Å²) in [4.78, 5) is 16.7. The first-order valence-corrected chi connectivity index (χ1v) is 8.69. The van der Waals surface area contributed by atoms with E-state index in [1.165, 1.54) is 11.3 Å². The molecule has 2 aromatic rings. The zero-order valence-corrected chi connectivity index (χ0v) is 15.5. The summed E-state index contributed by atoms with van der Waals surface area (Å²) >= 11 is 0. The Kier molecular flexibility index (Phi) is 5.51. The molecule has 3 rings (SSSR count). The molecule has 0 radical (unpaired) electrons. The fourth-order valence-corrected chi connectivity index (χ4v) is 3.07. The maximum Gasteiger partial charge on any atom is 0.321 e. The Labute approximate surface area is 154 Å². The van der Waals surface area contributed by atoms with Gasteiger partial charge in [0.05, 0.1) is 14.2 Å². The summed E-state index contributed by atoms with van der Waals surface area (Å²) in [5.41, 5.74) is 3.12. The monoisotopic (exact) mass is 355 g/mol. The lowest BCUT2D eigenvalue weighted by atomic mass is 10.2. The van der Waals surface area contributed by atoms with Crippen molar-refractivity contribution in [1.29, 1.82) is 0 Å². The van der Waals surface area contributed by atoms with Crippen molar-refractivity contribution < 1.29 is 14.3 Å². The highest BCUT2D eigenvalue weighted by Crippen LogP contribution is 2.26. The molecular formula is C20H25N3O3. The van der Waals surface area contributed by atoms with Crippen LogP contribution in [0.3, 0.4) is 0 Å². The van der Waals surface area contributed by atoms with Gasteiger partial charge in [-0.2, -0.15) is 0 Å². The Morgan fingerprint density at radius 2 is 1.62 bits per heavy atom. The summed E-state index contributed by atoms with van der Waals surface area (Å²) in [5.74, 6) is 1.29.